The van der Waals surface area contributed by atoms with E-state index >= 15 is 0 Å². The van der Waals surface area contributed by atoms with Crippen LogP contribution in [0.1, 0.15) is 5.56 Å². The summed E-state index contributed by atoms with van der Waals surface area (Å²) in [4.78, 5) is 9.85. The van der Waals surface area contributed by atoms with Crippen molar-refractivity contribution in [1.82, 2.24) is 0 Å². The van der Waals surface area contributed by atoms with Gasteiger partial charge in [0.15, 0.2) is 0 Å². The third-order valence-corrected chi connectivity index (χ3v) is 1.95. The molecule has 0 aliphatic carbocycles. The van der Waals surface area contributed by atoms with Gasteiger partial charge in [-0.15, -0.1) is 11.6 Å². The first-order valence-electron chi connectivity index (χ1n) is 3.90. The Morgan fingerprint density at radius 2 is 2.07 bits per heavy atom. The van der Waals surface area contributed by atoms with Gasteiger partial charge in [-0.25, -0.2) is 0 Å². The fourth-order valence-electron chi connectivity index (χ4n) is 1.01. The molecule has 0 heterocycles. The lowest BCUT2D eigenvalue weighted by Gasteiger charge is -1.99. The summed E-state index contributed by atoms with van der Waals surface area (Å²) in [5.41, 5.74) is 0.856. The molecule has 72 valence electrons. The fraction of sp³-hybridized carbons (Fsp3) is 0.222. The Balaban J connectivity index is 2.75. The lowest BCUT2D eigenvalue weighted by molar-refractivity contribution is -0.384. The number of nitrogens with zero attached hydrogens (tertiary/aromatic N) is 2. The molecule has 0 aromatic heterocycles. The first-order chi connectivity index (χ1) is 6.63. The Morgan fingerprint density at radius 3 is 2.50 bits per heavy atom. The lowest BCUT2D eigenvalue weighted by Crippen LogP contribution is -1.99. The molecule has 0 unspecified atom stereocenters. The maximum atomic E-state index is 10.3. The highest BCUT2D eigenvalue weighted by Crippen LogP contribution is 2.14. The Kier molecular flexibility index (Phi) is 3.43. The summed E-state index contributed by atoms with van der Waals surface area (Å²) in [5.74, 6) is 0. The molecule has 1 rings (SSSR count). The van der Waals surface area contributed by atoms with Gasteiger partial charge in [-0.1, -0.05) is 12.1 Å². The largest absolute Gasteiger partial charge is 0.269 e. The van der Waals surface area contributed by atoms with Gasteiger partial charge in [-0.05, 0) is 5.56 Å². The zero-order chi connectivity index (χ0) is 10.6. The standard InChI is InChI=1S/C9H7ClN2O2/c10-8(6-11)5-7-1-3-9(4-2-7)12(13)14/h1-4,8H,5H2/t8-/m0/s1. The van der Waals surface area contributed by atoms with Gasteiger partial charge in [0.05, 0.1) is 11.0 Å². The summed E-state index contributed by atoms with van der Waals surface area (Å²) >= 11 is 5.61. The zero-order valence-electron chi connectivity index (χ0n) is 7.18. The van der Waals surface area contributed by atoms with Gasteiger partial charge in [0, 0.05) is 18.6 Å². The molecule has 0 amide bonds. The molecule has 0 saturated heterocycles. The molecule has 0 N–H and O–H groups in total. The van der Waals surface area contributed by atoms with Crippen LogP contribution in [-0.2, 0) is 6.42 Å². The molecular formula is C9H7ClN2O2. The van der Waals surface area contributed by atoms with E-state index in [1.54, 1.807) is 12.1 Å². The Bertz CT molecular complexity index is 369. The smallest absolute Gasteiger partial charge is 0.258 e. The molecule has 0 fully saturated rings. The van der Waals surface area contributed by atoms with Gasteiger partial charge >= 0.3 is 0 Å². The lowest BCUT2D eigenvalue weighted by atomic mass is 10.1. The van der Waals surface area contributed by atoms with Crippen LogP contribution in [-0.4, -0.2) is 10.3 Å². The summed E-state index contributed by atoms with van der Waals surface area (Å²) in [5, 5.41) is 18.2. The van der Waals surface area contributed by atoms with E-state index in [2.05, 4.69) is 0 Å². The van der Waals surface area contributed by atoms with E-state index in [-0.39, 0.29) is 5.69 Å². The van der Waals surface area contributed by atoms with Crippen LogP contribution in [0.4, 0.5) is 5.69 Å². The summed E-state index contributed by atoms with van der Waals surface area (Å²) in [6.07, 6.45) is 0.399. The molecular weight excluding hydrogens is 204 g/mol. The van der Waals surface area contributed by atoms with Crippen LogP contribution in [0, 0.1) is 21.4 Å². The van der Waals surface area contributed by atoms with E-state index in [1.807, 2.05) is 6.07 Å². The van der Waals surface area contributed by atoms with Gasteiger partial charge < -0.3 is 0 Å². The monoisotopic (exact) mass is 210 g/mol. The normalized spacial score (nSPS) is 11.7. The molecule has 0 aliphatic heterocycles. The molecule has 4 nitrogen and oxygen atoms in total. The van der Waals surface area contributed by atoms with Gasteiger partial charge in [0.25, 0.3) is 5.69 Å². The van der Waals surface area contributed by atoms with E-state index in [0.29, 0.717) is 6.42 Å². The number of nitriles is 1. The zero-order valence-corrected chi connectivity index (χ0v) is 7.94. The minimum atomic E-state index is -0.587. The van der Waals surface area contributed by atoms with Crippen molar-refractivity contribution >= 4 is 17.3 Å². The maximum absolute atomic E-state index is 10.3. The van der Waals surface area contributed by atoms with E-state index in [0.717, 1.165) is 5.56 Å². The first kappa shape index (κ1) is 10.5. The van der Waals surface area contributed by atoms with Crippen molar-refractivity contribution in [2.24, 2.45) is 0 Å². The topological polar surface area (TPSA) is 66.9 Å². The van der Waals surface area contributed by atoms with Crippen molar-refractivity contribution in [3.05, 3.63) is 39.9 Å². The van der Waals surface area contributed by atoms with Crippen LogP contribution < -0.4 is 0 Å². The van der Waals surface area contributed by atoms with Gasteiger partial charge in [0.2, 0.25) is 0 Å². The number of halogens is 1. The average molecular weight is 211 g/mol. The van der Waals surface area contributed by atoms with E-state index in [9.17, 15) is 10.1 Å². The van der Waals surface area contributed by atoms with Crippen molar-refractivity contribution in [1.29, 1.82) is 5.26 Å². The molecule has 0 saturated carbocycles. The predicted molar refractivity (Wildman–Crippen MR) is 52.1 cm³/mol. The SMILES string of the molecule is N#C[C@@H](Cl)Cc1ccc([N+](=O)[O-])cc1. The highest BCUT2D eigenvalue weighted by atomic mass is 35.5. The minimum Gasteiger partial charge on any atom is -0.258 e. The van der Waals surface area contributed by atoms with Gasteiger partial charge in [-0.2, -0.15) is 5.26 Å². The highest BCUT2D eigenvalue weighted by molar-refractivity contribution is 6.22. The summed E-state index contributed by atoms with van der Waals surface area (Å²) in [6.45, 7) is 0. The summed E-state index contributed by atoms with van der Waals surface area (Å²) in [7, 11) is 0. The number of hydrogen-bond acceptors (Lipinski definition) is 3. The Labute approximate surface area is 85.9 Å². The van der Waals surface area contributed by atoms with Crippen LogP contribution in [0.3, 0.4) is 0 Å². The van der Waals surface area contributed by atoms with Crippen LogP contribution in [0.15, 0.2) is 24.3 Å². The molecule has 1 aromatic carbocycles. The Morgan fingerprint density at radius 1 is 1.50 bits per heavy atom. The molecule has 1 atom stereocenters. The number of rotatable bonds is 3. The summed E-state index contributed by atoms with van der Waals surface area (Å²) in [6, 6.07) is 7.88. The molecule has 14 heavy (non-hydrogen) atoms. The van der Waals surface area contributed by atoms with E-state index in [4.69, 9.17) is 16.9 Å². The second-order valence-electron chi connectivity index (χ2n) is 2.72. The number of benzene rings is 1. The van der Waals surface area contributed by atoms with Gasteiger partial charge in [-0.3, -0.25) is 10.1 Å². The number of nitro benzene ring substituents is 1. The van der Waals surface area contributed by atoms with Crippen molar-refractivity contribution in [2.75, 3.05) is 0 Å². The molecule has 5 heteroatoms. The molecule has 1 aromatic rings. The third kappa shape index (κ3) is 2.71. The highest BCUT2D eigenvalue weighted by Gasteiger charge is 2.07. The molecule has 0 radical (unpaired) electrons. The summed E-state index contributed by atoms with van der Waals surface area (Å²) < 4.78 is 0. The minimum absolute atomic E-state index is 0.0387. The number of hydrogen-bond donors (Lipinski definition) is 0. The molecule has 0 aliphatic rings. The quantitative estimate of drug-likeness (QED) is 0.437. The predicted octanol–water partition coefficient (Wildman–Crippen LogP) is 2.27. The van der Waals surface area contributed by atoms with Crippen molar-refractivity contribution in [3.8, 4) is 6.07 Å². The van der Waals surface area contributed by atoms with Gasteiger partial charge in [0.1, 0.15) is 5.38 Å². The van der Waals surface area contributed by atoms with Crippen LogP contribution >= 0.6 is 11.6 Å². The molecule has 0 bridgehead atoms. The van der Waals surface area contributed by atoms with Crippen molar-refractivity contribution in [2.45, 2.75) is 11.8 Å². The fourth-order valence-corrected chi connectivity index (χ4v) is 1.18. The average Bonchev–Trinajstić information content (AvgIpc) is 2.18. The first-order valence-corrected chi connectivity index (χ1v) is 4.34. The molecule has 0 spiro atoms. The Hall–Kier alpha value is -1.60. The number of non-ortho nitro benzene ring substituents is 1. The number of alkyl halides is 1. The second kappa shape index (κ2) is 4.58. The van der Waals surface area contributed by atoms with Crippen molar-refractivity contribution in [3.63, 3.8) is 0 Å². The maximum Gasteiger partial charge on any atom is 0.269 e. The van der Waals surface area contributed by atoms with Crippen molar-refractivity contribution < 1.29 is 4.92 Å². The van der Waals surface area contributed by atoms with Crippen LogP contribution in [0.2, 0.25) is 0 Å². The number of nitro groups is 1. The second-order valence-corrected chi connectivity index (χ2v) is 3.25. The van der Waals surface area contributed by atoms with Crippen LogP contribution in [0.5, 0.6) is 0 Å². The van der Waals surface area contributed by atoms with E-state index in [1.165, 1.54) is 12.1 Å². The third-order valence-electron chi connectivity index (χ3n) is 1.70. The van der Waals surface area contributed by atoms with E-state index < -0.39 is 10.3 Å². The van der Waals surface area contributed by atoms with Crippen LogP contribution in [0.25, 0.3) is 0 Å².